The van der Waals surface area contributed by atoms with Crippen molar-refractivity contribution in [3.8, 4) is 11.5 Å². The lowest BCUT2D eigenvalue weighted by Gasteiger charge is -2.08. The van der Waals surface area contributed by atoms with Crippen molar-refractivity contribution in [2.24, 2.45) is 0 Å². The second-order valence-corrected chi connectivity index (χ2v) is 3.51. The van der Waals surface area contributed by atoms with E-state index >= 15 is 0 Å². The van der Waals surface area contributed by atoms with E-state index in [9.17, 15) is 5.11 Å². The number of phenolic OH excluding ortho intramolecular Hbond substituents is 1. The molecule has 2 N–H and O–H groups in total. The minimum absolute atomic E-state index is 0.141. The van der Waals surface area contributed by atoms with Gasteiger partial charge in [0.2, 0.25) is 0 Å². The second-order valence-electron chi connectivity index (χ2n) is 2.66. The van der Waals surface area contributed by atoms with Gasteiger partial charge in [-0.2, -0.15) is 0 Å². The van der Waals surface area contributed by atoms with Crippen molar-refractivity contribution < 1.29 is 9.84 Å². The SMILES string of the molecule is CNCc1cc(Br)c(O)c(OC)c1. The molecule has 72 valence electrons. The maximum atomic E-state index is 9.50. The van der Waals surface area contributed by atoms with Gasteiger partial charge in [-0.05, 0) is 40.7 Å². The van der Waals surface area contributed by atoms with Crippen molar-refractivity contribution in [3.63, 3.8) is 0 Å². The number of halogens is 1. The van der Waals surface area contributed by atoms with Gasteiger partial charge in [0, 0.05) is 6.54 Å². The zero-order valence-electron chi connectivity index (χ0n) is 7.60. The van der Waals surface area contributed by atoms with E-state index in [1.165, 1.54) is 7.11 Å². The highest BCUT2D eigenvalue weighted by Crippen LogP contribution is 2.34. The van der Waals surface area contributed by atoms with Crippen molar-refractivity contribution in [3.05, 3.63) is 22.2 Å². The molecule has 4 heteroatoms. The van der Waals surface area contributed by atoms with Gasteiger partial charge < -0.3 is 15.2 Å². The molecule has 1 aromatic rings. The van der Waals surface area contributed by atoms with Gasteiger partial charge in [-0.25, -0.2) is 0 Å². The van der Waals surface area contributed by atoms with E-state index in [1.807, 2.05) is 13.1 Å². The van der Waals surface area contributed by atoms with Crippen LogP contribution in [0.25, 0.3) is 0 Å². The van der Waals surface area contributed by atoms with Crippen molar-refractivity contribution >= 4 is 15.9 Å². The molecular weight excluding hydrogens is 234 g/mol. The second kappa shape index (κ2) is 4.48. The monoisotopic (exact) mass is 245 g/mol. The first kappa shape index (κ1) is 10.3. The molecule has 0 amide bonds. The first-order chi connectivity index (χ1) is 6.19. The van der Waals surface area contributed by atoms with Crippen LogP contribution in [0.5, 0.6) is 11.5 Å². The lowest BCUT2D eigenvalue weighted by atomic mass is 10.2. The number of aromatic hydroxyl groups is 1. The number of ether oxygens (including phenoxy) is 1. The third-order valence-electron chi connectivity index (χ3n) is 1.69. The van der Waals surface area contributed by atoms with Crippen LogP contribution in [0.4, 0.5) is 0 Å². The quantitative estimate of drug-likeness (QED) is 0.855. The van der Waals surface area contributed by atoms with E-state index in [2.05, 4.69) is 21.2 Å². The Morgan fingerprint density at radius 3 is 2.77 bits per heavy atom. The van der Waals surface area contributed by atoms with Crippen molar-refractivity contribution in [2.45, 2.75) is 6.54 Å². The molecule has 0 bridgehead atoms. The van der Waals surface area contributed by atoms with Gasteiger partial charge in [0.25, 0.3) is 0 Å². The minimum atomic E-state index is 0.141. The van der Waals surface area contributed by atoms with Crippen molar-refractivity contribution in [1.82, 2.24) is 5.32 Å². The normalized spacial score (nSPS) is 10.1. The van der Waals surface area contributed by atoms with Crippen LogP contribution in [0.2, 0.25) is 0 Å². The number of methoxy groups -OCH3 is 1. The van der Waals surface area contributed by atoms with Gasteiger partial charge in [-0.3, -0.25) is 0 Å². The lowest BCUT2D eigenvalue weighted by Crippen LogP contribution is -2.05. The number of benzene rings is 1. The Kier molecular flexibility index (Phi) is 3.57. The molecule has 0 atom stereocenters. The lowest BCUT2D eigenvalue weighted by molar-refractivity contribution is 0.371. The fourth-order valence-corrected chi connectivity index (χ4v) is 1.58. The van der Waals surface area contributed by atoms with Crippen LogP contribution >= 0.6 is 15.9 Å². The summed E-state index contributed by atoms with van der Waals surface area (Å²) >= 11 is 3.25. The predicted octanol–water partition coefficient (Wildman–Crippen LogP) is 1.88. The summed E-state index contributed by atoms with van der Waals surface area (Å²) in [5.74, 6) is 0.627. The Labute approximate surface area is 85.9 Å². The first-order valence-corrected chi connectivity index (χ1v) is 4.68. The van der Waals surface area contributed by atoms with Crippen LogP contribution in [-0.2, 0) is 6.54 Å². The highest BCUT2D eigenvalue weighted by Gasteiger charge is 2.07. The molecule has 0 saturated carbocycles. The smallest absolute Gasteiger partial charge is 0.172 e. The standard InChI is InChI=1S/C9H12BrNO2/c1-11-5-6-3-7(10)9(12)8(4-6)13-2/h3-4,11-12H,5H2,1-2H3. The van der Waals surface area contributed by atoms with Crippen LogP contribution in [0.15, 0.2) is 16.6 Å². The van der Waals surface area contributed by atoms with Gasteiger partial charge in [0.05, 0.1) is 11.6 Å². The number of rotatable bonds is 3. The van der Waals surface area contributed by atoms with E-state index in [1.54, 1.807) is 6.07 Å². The number of phenols is 1. The molecule has 0 spiro atoms. The molecule has 0 aromatic heterocycles. The Balaban J connectivity index is 3.06. The zero-order valence-corrected chi connectivity index (χ0v) is 9.18. The molecular formula is C9H12BrNO2. The maximum absolute atomic E-state index is 9.50. The number of hydrogen-bond acceptors (Lipinski definition) is 3. The summed E-state index contributed by atoms with van der Waals surface area (Å²) < 4.78 is 5.66. The van der Waals surface area contributed by atoms with E-state index < -0.39 is 0 Å². The van der Waals surface area contributed by atoms with E-state index in [0.29, 0.717) is 10.2 Å². The third-order valence-corrected chi connectivity index (χ3v) is 2.29. The fourth-order valence-electron chi connectivity index (χ4n) is 1.09. The van der Waals surface area contributed by atoms with Gasteiger partial charge in [-0.1, -0.05) is 0 Å². The Morgan fingerprint density at radius 1 is 1.54 bits per heavy atom. The molecule has 1 rings (SSSR count). The van der Waals surface area contributed by atoms with E-state index in [-0.39, 0.29) is 5.75 Å². The van der Waals surface area contributed by atoms with Crippen LogP contribution in [-0.4, -0.2) is 19.3 Å². The van der Waals surface area contributed by atoms with Crippen LogP contribution < -0.4 is 10.1 Å². The average molecular weight is 246 g/mol. The Hall–Kier alpha value is -0.740. The molecule has 0 saturated heterocycles. The van der Waals surface area contributed by atoms with E-state index in [4.69, 9.17) is 4.74 Å². The van der Waals surface area contributed by atoms with Gasteiger partial charge in [0.1, 0.15) is 0 Å². The van der Waals surface area contributed by atoms with Crippen molar-refractivity contribution in [2.75, 3.05) is 14.2 Å². The summed E-state index contributed by atoms with van der Waals surface area (Å²) in [6.45, 7) is 0.745. The maximum Gasteiger partial charge on any atom is 0.172 e. The molecule has 0 unspecified atom stereocenters. The molecule has 1 aromatic carbocycles. The number of nitrogens with one attached hydrogen (secondary N) is 1. The minimum Gasteiger partial charge on any atom is -0.503 e. The fraction of sp³-hybridized carbons (Fsp3) is 0.333. The Bertz CT molecular complexity index is 302. The molecule has 0 aliphatic rings. The molecule has 3 nitrogen and oxygen atoms in total. The predicted molar refractivity (Wildman–Crippen MR) is 55.1 cm³/mol. The topological polar surface area (TPSA) is 41.5 Å². The molecule has 0 aliphatic heterocycles. The van der Waals surface area contributed by atoms with Crippen LogP contribution in [0.1, 0.15) is 5.56 Å². The number of hydrogen-bond donors (Lipinski definition) is 2. The summed E-state index contributed by atoms with van der Waals surface area (Å²) in [5.41, 5.74) is 1.06. The molecule has 0 radical (unpaired) electrons. The third kappa shape index (κ3) is 2.35. The molecule has 0 heterocycles. The first-order valence-electron chi connectivity index (χ1n) is 3.89. The summed E-state index contributed by atoms with van der Waals surface area (Å²) in [4.78, 5) is 0. The van der Waals surface area contributed by atoms with Crippen LogP contribution in [0.3, 0.4) is 0 Å². The average Bonchev–Trinajstić information content (AvgIpc) is 2.11. The highest BCUT2D eigenvalue weighted by atomic mass is 79.9. The van der Waals surface area contributed by atoms with Gasteiger partial charge >= 0.3 is 0 Å². The van der Waals surface area contributed by atoms with Crippen LogP contribution in [0, 0.1) is 0 Å². The summed E-state index contributed by atoms with van der Waals surface area (Å²) in [7, 11) is 3.40. The Morgan fingerprint density at radius 2 is 2.23 bits per heavy atom. The highest BCUT2D eigenvalue weighted by molar-refractivity contribution is 9.10. The molecule has 0 fully saturated rings. The van der Waals surface area contributed by atoms with Gasteiger partial charge in [0.15, 0.2) is 11.5 Å². The molecule has 13 heavy (non-hydrogen) atoms. The largest absolute Gasteiger partial charge is 0.503 e. The summed E-state index contributed by atoms with van der Waals surface area (Å²) in [5, 5.41) is 12.5. The molecule has 0 aliphatic carbocycles. The van der Waals surface area contributed by atoms with Crippen molar-refractivity contribution in [1.29, 1.82) is 0 Å². The summed E-state index contributed by atoms with van der Waals surface area (Å²) in [6, 6.07) is 3.66. The van der Waals surface area contributed by atoms with Gasteiger partial charge in [-0.15, -0.1) is 0 Å². The summed E-state index contributed by atoms with van der Waals surface area (Å²) in [6.07, 6.45) is 0. The van der Waals surface area contributed by atoms with E-state index in [0.717, 1.165) is 12.1 Å². The zero-order chi connectivity index (χ0) is 9.84.